The van der Waals surface area contributed by atoms with E-state index in [-0.39, 0.29) is 29.5 Å². The number of guanidine groups is 1. The van der Waals surface area contributed by atoms with Crippen LogP contribution in [0.15, 0.2) is 29.3 Å². The molecule has 1 aliphatic rings. The lowest BCUT2D eigenvalue weighted by Crippen LogP contribution is -2.46. The molecule has 0 unspecified atom stereocenters. The molecule has 5 nitrogen and oxygen atoms in total. The zero-order chi connectivity index (χ0) is 18.3. The number of nitrogens with zero attached hydrogens (tertiary/aromatic N) is 3. The molecule has 148 valence electrons. The Morgan fingerprint density at radius 2 is 1.85 bits per heavy atom. The van der Waals surface area contributed by atoms with Crippen LogP contribution in [0.1, 0.15) is 39.2 Å². The van der Waals surface area contributed by atoms with Gasteiger partial charge in [-0.25, -0.2) is 0 Å². The van der Waals surface area contributed by atoms with Crippen molar-refractivity contribution >= 4 is 35.6 Å². The molecule has 1 aliphatic heterocycles. The molecule has 6 heteroatoms. The summed E-state index contributed by atoms with van der Waals surface area (Å²) in [7, 11) is 0. The Morgan fingerprint density at radius 3 is 2.46 bits per heavy atom. The highest BCUT2D eigenvalue weighted by Gasteiger charge is 2.16. The van der Waals surface area contributed by atoms with E-state index in [0.29, 0.717) is 5.96 Å². The first-order chi connectivity index (χ1) is 11.8. The number of anilines is 1. The van der Waals surface area contributed by atoms with Crippen LogP contribution in [0.4, 0.5) is 5.69 Å². The molecular formula is C20H36IN5. The molecular weight excluding hydrogens is 437 g/mol. The predicted octanol–water partition coefficient (Wildman–Crippen LogP) is 3.22. The summed E-state index contributed by atoms with van der Waals surface area (Å²) >= 11 is 0. The quantitative estimate of drug-likeness (QED) is 0.288. The number of piperazine rings is 1. The van der Waals surface area contributed by atoms with Crippen molar-refractivity contribution in [3.63, 3.8) is 0 Å². The zero-order valence-corrected chi connectivity index (χ0v) is 19.1. The maximum Gasteiger partial charge on any atom is 0.188 e. The van der Waals surface area contributed by atoms with E-state index >= 15 is 0 Å². The normalized spacial score (nSPS) is 16.3. The minimum absolute atomic E-state index is 0. The SMILES string of the molecule is Cc1cccc(N2CCN(CCCCN=C(N)NC(C)(C)C)CC2)c1.I. The number of nitrogens with two attached hydrogens (primary N) is 1. The van der Waals surface area contributed by atoms with Crippen molar-refractivity contribution in [2.45, 2.75) is 46.1 Å². The van der Waals surface area contributed by atoms with E-state index in [1.165, 1.54) is 17.7 Å². The number of unbranched alkanes of at least 4 members (excludes halogenated alkanes) is 1. The van der Waals surface area contributed by atoms with Gasteiger partial charge in [-0.05, 0) is 64.8 Å². The van der Waals surface area contributed by atoms with Crippen molar-refractivity contribution in [1.82, 2.24) is 10.2 Å². The summed E-state index contributed by atoms with van der Waals surface area (Å²) in [4.78, 5) is 9.46. The number of nitrogens with one attached hydrogen (secondary N) is 1. The van der Waals surface area contributed by atoms with Crippen LogP contribution in [0, 0.1) is 6.92 Å². The molecule has 26 heavy (non-hydrogen) atoms. The van der Waals surface area contributed by atoms with Crippen LogP contribution in [-0.2, 0) is 0 Å². The Hall–Kier alpha value is -1.02. The van der Waals surface area contributed by atoms with Gasteiger partial charge in [0.25, 0.3) is 0 Å². The molecule has 1 aromatic carbocycles. The number of hydrogen-bond donors (Lipinski definition) is 2. The van der Waals surface area contributed by atoms with Crippen LogP contribution in [-0.4, -0.2) is 55.7 Å². The van der Waals surface area contributed by atoms with Crippen molar-refractivity contribution in [2.75, 3.05) is 44.2 Å². The van der Waals surface area contributed by atoms with E-state index in [1.807, 2.05) is 0 Å². The van der Waals surface area contributed by atoms with Crippen molar-refractivity contribution in [1.29, 1.82) is 0 Å². The van der Waals surface area contributed by atoms with Gasteiger partial charge in [-0.15, -0.1) is 24.0 Å². The first-order valence-corrected chi connectivity index (χ1v) is 9.45. The molecule has 3 N–H and O–H groups in total. The minimum Gasteiger partial charge on any atom is -0.370 e. The van der Waals surface area contributed by atoms with Gasteiger partial charge in [0.05, 0.1) is 0 Å². The lowest BCUT2D eigenvalue weighted by Gasteiger charge is -2.36. The van der Waals surface area contributed by atoms with Gasteiger partial charge < -0.3 is 16.0 Å². The van der Waals surface area contributed by atoms with Crippen molar-refractivity contribution in [3.8, 4) is 0 Å². The molecule has 0 saturated carbocycles. The second kappa shape index (κ2) is 11.0. The fourth-order valence-corrected chi connectivity index (χ4v) is 3.12. The number of aryl methyl sites for hydroxylation is 1. The summed E-state index contributed by atoms with van der Waals surface area (Å²) in [6.07, 6.45) is 2.27. The lowest BCUT2D eigenvalue weighted by molar-refractivity contribution is 0.253. The number of aliphatic imine (C=N–C) groups is 1. The number of halogens is 1. The van der Waals surface area contributed by atoms with Crippen molar-refractivity contribution in [3.05, 3.63) is 29.8 Å². The summed E-state index contributed by atoms with van der Waals surface area (Å²) < 4.78 is 0. The fourth-order valence-electron chi connectivity index (χ4n) is 3.12. The maximum atomic E-state index is 5.89. The zero-order valence-electron chi connectivity index (χ0n) is 16.8. The molecule has 0 bridgehead atoms. The molecule has 0 aromatic heterocycles. The first kappa shape index (κ1) is 23.0. The number of benzene rings is 1. The van der Waals surface area contributed by atoms with Gasteiger partial charge in [0, 0.05) is 44.0 Å². The summed E-state index contributed by atoms with van der Waals surface area (Å²) in [5, 5.41) is 3.20. The summed E-state index contributed by atoms with van der Waals surface area (Å²) in [6.45, 7) is 14.9. The Bertz CT molecular complexity index is 560. The highest BCUT2D eigenvalue weighted by Crippen LogP contribution is 2.17. The summed E-state index contributed by atoms with van der Waals surface area (Å²) in [5.41, 5.74) is 8.56. The Labute approximate surface area is 176 Å². The monoisotopic (exact) mass is 473 g/mol. The Balaban J connectivity index is 0.00000338. The molecule has 1 heterocycles. The highest BCUT2D eigenvalue weighted by molar-refractivity contribution is 14.0. The van der Waals surface area contributed by atoms with Crippen molar-refractivity contribution in [2.24, 2.45) is 10.7 Å². The second-order valence-electron chi connectivity index (χ2n) is 8.02. The molecule has 0 atom stereocenters. The van der Waals surface area contributed by atoms with Crippen LogP contribution in [0.5, 0.6) is 0 Å². The largest absolute Gasteiger partial charge is 0.370 e. The van der Waals surface area contributed by atoms with Gasteiger partial charge in [0.2, 0.25) is 0 Å². The smallest absolute Gasteiger partial charge is 0.188 e. The third-order valence-electron chi connectivity index (χ3n) is 4.41. The van der Waals surface area contributed by atoms with Gasteiger partial charge >= 0.3 is 0 Å². The van der Waals surface area contributed by atoms with Gasteiger partial charge in [0.15, 0.2) is 5.96 Å². The van der Waals surface area contributed by atoms with E-state index in [4.69, 9.17) is 5.73 Å². The Morgan fingerprint density at radius 1 is 1.15 bits per heavy atom. The summed E-state index contributed by atoms with van der Waals surface area (Å²) in [5.74, 6) is 0.555. The molecule has 1 saturated heterocycles. The molecule has 0 amide bonds. The van der Waals surface area contributed by atoms with Crippen LogP contribution in [0.25, 0.3) is 0 Å². The van der Waals surface area contributed by atoms with Gasteiger partial charge in [0.1, 0.15) is 0 Å². The van der Waals surface area contributed by atoms with Crippen molar-refractivity contribution < 1.29 is 0 Å². The second-order valence-corrected chi connectivity index (χ2v) is 8.02. The third-order valence-corrected chi connectivity index (χ3v) is 4.41. The molecule has 2 rings (SSSR count). The van der Waals surface area contributed by atoms with Crippen LogP contribution < -0.4 is 16.0 Å². The molecule has 0 aliphatic carbocycles. The Kier molecular flexibility index (Phi) is 9.71. The van der Waals surface area contributed by atoms with E-state index in [1.54, 1.807) is 0 Å². The molecule has 0 spiro atoms. The number of hydrogen-bond acceptors (Lipinski definition) is 3. The van der Waals surface area contributed by atoms with Gasteiger partial charge in [-0.1, -0.05) is 12.1 Å². The van der Waals surface area contributed by atoms with Gasteiger partial charge in [-0.3, -0.25) is 9.89 Å². The van der Waals surface area contributed by atoms with E-state index in [9.17, 15) is 0 Å². The van der Waals surface area contributed by atoms with Crippen LogP contribution in [0.3, 0.4) is 0 Å². The number of rotatable bonds is 6. The molecule has 1 fully saturated rings. The van der Waals surface area contributed by atoms with E-state index in [2.05, 4.69) is 72.1 Å². The average molecular weight is 473 g/mol. The average Bonchev–Trinajstić information content (AvgIpc) is 2.53. The highest BCUT2D eigenvalue weighted by atomic mass is 127. The predicted molar refractivity (Wildman–Crippen MR) is 124 cm³/mol. The lowest BCUT2D eigenvalue weighted by atomic mass is 10.1. The molecule has 1 aromatic rings. The fraction of sp³-hybridized carbons (Fsp3) is 0.650. The van der Waals surface area contributed by atoms with Crippen LogP contribution in [0.2, 0.25) is 0 Å². The summed E-state index contributed by atoms with van der Waals surface area (Å²) in [6, 6.07) is 8.81. The van der Waals surface area contributed by atoms with E-state index in [0.717, 1.165) is 45.7 Å². The minimum atomic E-state index is -0.0233. The third kappa shape index (κ3) is 8.58. The van der Waals surface area contributed by atoms with Gasteiger partial charge in [-0.2, -0.15) is 0 Å². The van der Waals surface area contributed by atoms with E-state index < -0.39 is 0 Å². The maximum absolute atomic E-state index is 5.89. The first-order valence-electron chi connectivity index (χ1n) is 9.45. The topological polar surface area (TPSA) is 56.9 Å². The van der Waals surface area contributed by atoms with Crippen LogP contribution >= 0.6 is 24.0 Å². The standard InChI is InChI=1S/C20H35N5.HI/c1-17-8-7-9-18(16-17)25-14-12-24(13-15-25)11-6-5-10-22-19(21)23-20(2,3)4;/h7-9,16H,5-6,10-15H2,1-4H3,(H3,21,22,23);1H. The molecule has 0 radical (unpaired) electrons.